The van der Waals surface area contributed by atoms with Gasteiger partial charge in [-0.05, 0) is 55.8 Å². The molecule has 0 spiro atoms. The minimum Gasteiger partial charge on any atom is -0.497 e. The van der Waals surface area contributed by atoms with Gasteiger partial charge in [0, 0.05) is 5.56 Å². The summed E-state index contributed by atoms with van der Waals surface area (Å²) in [5, 5.41) is 0. The van der Waals surface area contributed by atoms with Crippen LogP contribution in [0.3, 0.4) is 0 Å². The van der Waals surface area contributed by atoms with Gasteiger partial charge >= 0.3 is 0 Å². The van der Waals surface area contributed by atoms with Crippen LogP contribution in [0.25, 0.3) is 0 Å². The molecule has 0 heterocycles. The number of carbonyl (C=O) groups is 1. The van der Waals surface area contributed by atoms with Crippen molar-refractivity contribution >= 4 is 5.78 Å². The second kappa shape index (κ2) is 6.24. The largest absolute Gasteiger partial charge is 0.497 e. The van der Waals surface area contributed by atoms with Gasteiger partial charge < -0.3 is 9.47 Å². The van der Waals surface area contributed by atoms with Crippen molar-refractivity contribution in [2.24, 2.45) is 0 Å². The number of aryl methyl sites for hydroxylation is 1. The summed E-state index contributed by atoms with van der Waals surface area (Å²) >= 11 is 0. The molecule has 1 unspecified atom stereocenters. The molecule has 0 N–H and O–H groups in total. The van der Waals surface area contributed by atoms with Gasteiger partial charge in [0.2, 0.25) is 5.78 Å². The predicted octanol–water partition coefficient (Wildman–Crippen LogP) is 3.65. The lowest BCUT2D eigenvalue weighted by Crippen LogP contribution is -2.23. The summed E-state index contributed by atoms with van der Waals surface area (Å²) in [6.45, 7) is 3.75. The third kappa shape index (κ3) is 3.38. The lowest BCUT2D eigenvalue weighted by molar-refractivity contribution is 0.0818. The molecule has 0 fully saturated rings. The topological polar surface area (TPSA) is 35.5 Å². The van der Waals surface area contributed by atoms with Gasteiger partial charge in [-0.1, -0.05) is 12.1 Å². The minimum atomic E-state index is -0.523. The number of hydrogen-bond donors (Lipinski definition) is 0. The van der Waals surface area contributed by atoms with E-state index in [9.17, 15) is 4.79 Å². The number of rotatable bonds is 5. The second-order valence-electron chi connectivity index (χ2n) is 4.67. The van der Waals surface area contributed by atoms with Crippen LogP contribution in [0.5, 0.6) is 11.5 Å². The molecule has 0 amide bonds. The van der Waals surface area contributed by atoms with Crippen molar-refractivity contribution in [2.75, 3.05) is 7.11 Å². The zero-order valence-corrected chi connectivity index (χ0v) is 11.9. The second-order valence-corrected chi connectivity index (χ2v) is 4.67. The molecule has 1 atom stereocenters. The highest BCUT2D eigenvalue weighted by Gasteiger charge is 2.16. The molecule has 0 saturated carbocycles. The summed E-state index contributed by atoms with van der Waals surface area (Å²) in [5.74, 6) is 1.39. The number of hydrogen-bond acceptors (Lipinski definition) is 3. The molecular formula is C17H18O3. The van der Waals surface area contributed by atoms with Crippen LogP contribution in [0.4, 0.5) is 0 Å². The quantitative estimate of drug-likeness (QED) is 0.778. The highest BCUT2D eigenvalue weighted by Crippen LogP contribution is 2.17. The Morgan fingerprint density at radius 3 is 2.35 bits per heavy atom. The fourth-order valence-electron chi connectivity index (χ4n) is 1.94. The van der Waals surface area contributed by atoms with Crippen molar-refractivity contribution in [3.8, 4) is 11.5 Å². The fraction of sp³-hybridized carbons (Fsp3) is 0.235. The number of benzene rings is 2. The van der Waals surface area contributed by atoms with E-state index in [1.54, 1.807) is 38.3 Å². The highest BCUT2D eigenvalue weighted by molar-refractivity contribution is 5.99. The molecule has 3 nitrogen and oxygen atoms in total. The van der Waals surface area contributed by atoms with Crippen LogP contribution in [-0.4, -0.2) is 19.0 Å². The Morgan fingerprint density at radius 2 is 1.75 bits per heavy atom. The lowest BCUT2D eigenvalue weighted by atomic mass is 10.1. The first-order valence-corrected chi connectivity index (χ1v) is 6.52. The van der Waals surface area contributed by atoms with Crippen LogP contribution < -0.4 is 9.47 Å². The Labute approximate surface area is 119 Å². The van der Waals surface area contributed by atoms with Crippen molar-refractivity contribution in [1.29, 1.82) is 0 Å². The third-order valence-electron chi connectivity index (χ3n) is 3.05. The number of carbonyl (C=O) groups excluding carboxylic acids is 1. The molecule has 2 aromatic rings. The van der Waals surface area contributed by atoms with Crippen molar-refractivity contribution in [1.82, 2.24) is 0 Å². The standard InChI is InChI=1S/C17H18O3/c1-12-5-4-6-16(11-12)20-13(2)17(18)14-7-9-15(19-3)10-8-14/h4-11,13H,1-3H3. The predicted molar refractivity (Wildman–Crippen MR) is 78.6 cm³/mol. The number of Topliss-reactive ketones (excluding diaryl/α,β-unsaturated/α-hetero) is 1. The molecule has 0 aliphatic heterocycles. The van der Waals surface area contributed by atoms with Gasteiger partial charge in [0.1, 0.15) is 11.5 Å². The van der Waals surface area contributed by atoms with Crippen molar-refractivity contribution < 1.29 is 14.3 Å². The van der Waals surface area contributed by atoms with Crippen molar-refractivity contribution in [3.63, 3.8) is 0 Å². The van der Waals surface area contributed by atoms with E-state index >= 15 is 0 Å². The Morgan fingerprint density at radius 1 is 1.05 bits per heavy atom. The average Bonchev–Trinajstić information content (AvgIpc) is 2.46. The molecule has 2 rings (SSSR count). The molecule has 0 saturated heterocycles. The van der Waals surface area contributed by atoms with Gasteiger partial charge in [-0.25, -0.2) is 0 Å². The SMILES string of the molecule is COc1ccc(C(=O)C(C)Oc2cccc(C)c2)cc1. The summed E-state index contributed by atoms with van der Waals surface area (Å²) in [6.07, 6.45) is -0.523. The summed E-state index contributed by atoms with van der Waals surface area (Å²) < 4.78 is 10.8. The van der Waals surface area contributed by atoms with Gasteiger partial charge in [0.25, 0.3) is 0 Å². The van der Waals surface area contributed by atoms with Gasteiger partial charge in [-0.2, -0.15) is 0 Å². The van der Waals surface area contributed by atoms with Crippen LogP contribution >= 0.6 is 0 Å². The lowest BCUT2D eigenvalue weighted by Gasteiger charge is -2.14. The van der Waals surface area contributed by atoms with E-state index < -0.39 is 6.10 Å². The molecule has 0 aromatic heterocycles. The molecule has 0 radical (unpaired) electrons. The van der Waals surface area contributed by atoms with Gasteiger partial charge in [0.15, 0.2) is 6.10 Å². The fourth-order valence-corrected chi connectivity index (χ4v) is 1.94. The van der Waals surface area contributed by atoms with Crippen LogP contribution in [0.15, 0.2) is 48.5 Å². The van der Waals surface area contributed by atoms with E-state index in [1.165, 1.54) is 0 Å². The van der Waals surface area contributed by atoms with Gasteiger partial charge in [-0.3, -0.25) is 4.79 Å². The molecule has 0 bridgehead atoms. The minimum absolute atomic E-state index is 0.0471. The average molecular weight is 270 g/mol. The Kier molecular flexibility index (Phi) is 4.41. The zero-order valence-electron chi connectivity index (χ0n) is 11.9. The van der Waals surface area contributed by atoms with E-state index in [2.05, 4.69) is 0 Å². The van der Waals surface area contributed by atoms with E-state index in [4.69, 9.17) is 9.47 Å². The summed E-state index contributed by atoms with van der Waals surface area (Å²) in [6, 6.07) is 14.7. The number of methoxy groups -OCH3 is 1. The van der Waals surface area contributed by atoms with Crippen LogP contribution in [0.2, 0.25) is 0 Å². The van der Waals surface area contributed by atoms with Gasteiger partial charge in [0.05, 0.1) is 7.11 Å². The van der Waals surface area contributed by atoms with E-state index in [-0.39, 0.29) is 5.78 Å². The zero-order chi connectivity index (χ0) is 14.5. The van der Waals surface area contributed by atoms with E-state index in [0.717, 1.165) is 11.3 Å². The maximum atomic E-state index is 12.3. The van der Waals surface area contributed by atoms with Crippen molar-refractivity contribution in [2.45, 2.75) is 20.0 Å². The monoisotopic (exact) mass is 270 g/mol. The molecule has 2 aromatic carbocycles. The van der Waals surface area contributed by atoms with E-state index in [1.807, 2.05) is 31.2 Å². The molecule has 0 aliphatic carbocycles. The Hall–Kier alpha value is -2.29. The maximum Gasteiger partial charge on any atom is 0.202 e. The molecule has 20 heavy (non-hydrogen) atoms. The first kappa shape index (κ1) is 14.1. The highest BCUT2D eigenvalue weighted by atomic mass is 16.5. The van der Waals surface area contributed by atoms with Crippen LogP contribution in [-0.2, 0) is 0 Å². The smallest absolute Gasteiger partial charge is 0.202 e. The number of ketones is 1. The molecule has 3 heteroatoms. The first-order chi connectivity index (χ1) is 9.60. The molecule has 104 valence electrons. The van der Waals surface area contributed by atoms with E-state index in [0.29, 0.717) is 11.3 Å². The summed E-state index contributed by atoms with van der Waals surface area (Å²) in [4.78, 5) is 12.3. The first-order valence-electron chi connectivity index (χ1n) is 6.52. The Bertz CT molecular complexity index is 587. The summed E-state index contributed by atoms with van der Waals surface area (Å²) in [7, 11) is 1.60. The summed E-state index contributed by atoms with van der Waals surface area (Å²) in [5.41, 5.74) is 1.72. The number of ether oxygens (including phenoxy) is 2. The third-order valence-corrected chi connectivity index (χ3v) is 3.05. The Balaban J connectivity index is 2.07. The maximum absolute atomic E-state index is 12.3. The normalized spacial score (nSPS) is 11.8. The molecule has 0 aliphatic rings. The van der Waals surface area contributed by atoms with Crippen molar-refractivity contribution in [3.05, 3.63) is 59.7 Å². The van der Waals surface area contributed by atoms with Gasteiger partial charge in [-0.15, -0.1) is 0 Å². The van der Waals surface area contributed by atoms with Crippen LogP contribution in [0, 0.1) is 6.92 Å². The molecular weight excluding hydrogens is 252 g/mol. The van der Waals surface area contributed by atoms with Crippen LogP contribution in [0.1, 0.15) is 22.8 Å².